The number of aryl methyl sites for hydroxylation is 2. The molecule has 0 N–H and O–H groups in total. The Morgan fingerprint density at radius 1 is 0.787 bits per heavy atom. The first-order valence-corrected chi connectivity index (χ1v) is 15.0. The van der Waals surface area contributed by atoms with E-state index in [-0.39, 0.29) is 36.3 Å². The number of fused-ring (bicyclic) bond motifs is 1. The van der Waals surface area contributed by atoms with Crippen LogP contribution < -0.4 is 0 Å². The van der Waals surface area contributed by atoms with Crippen molar-refractivity contribution in [2.75, 3.05) is 13.7 Å². The highest BCUT2D eigenvalue weighted by Crippen LogP contribution is 2.34. The molecule has 3 heterocycles. The third kappa shape index (κ3) is 6.43. The van der Waals surface area contributed by atoms with Gasteiger partial charge in [0.2, 0.25) is 0 Å². The van der Waals surface area contributed by atoms with Crippen molar-refractivity contribution in [1.82, 2.24) is 9.47 Å². The Morgan fingerprint density at radius 3 is 1.94 bits per heavy atom. The number of rotatable bonds is 9. The van der Waals surface area contributed by atoms with Crippen molar-refractivity contribution >= 4 is 29.7 Å². The molecule has 47 heavy (non-hydrogen) atoms. The smallest absolute Gasteiger partial charge is 0.339 e. The number of esters is 3. The molecular weight excluding hydrogens is 604 g/mol. The molecule has 2 amide bonds. The zero-order valence-corrected chi connectivity index (χ0v) is 26.0. The number of methoxy groups -OCH3 is 1. The number of nitrogens with zero attached hydrogens (tertiary/aromatic N) is 2. The summed E-state index contributed by atoms with van der Waals surface area (Å²) in [7, 11) is 1.23. The summed E-state index contributed by atoms with van der Waals surface area (Å²) in [4.78, 5) is 65.9. The summed E-state index contributed by atoms with van der Waals surface area (Å²) in [6.45, 7) is 3.43. The number of benzene rings is 3. The van der Waals surface area contributed by atoms with Crippen LogP contribution in [0.3, 0.4) is 0 Å². The van der Waals surface area contributed by atoms with Crippen LogP contribution in [0.15, 0.2) is 85.2 Å². The third-order valence-electron chi connectivity index (χ3n) is 8.27. The topological polar surface area (TPSA) is 130 Å². The van der Waals surface area contributed by atoms with Crippen LogP contribution in [0.25, 0.3) is 0 Å². The maximum atomic E-state index is 13.1. The first kappa shape index (κ1) is 31.4. The molecule has 6 rings (SSSR count). The highest BCUT2D eigenvalue weighted by atomic mass is 16.6. The van der Waals surface area contributed by atoms with Crippen LogP contribution in [-0.4, -0.2) is 65.1 Å². The number of ether oxygens (including phenoxy) is 4. The van der Waals surface area contributed by atoms with E-state index in [4.69, 9.17) is 18.9 Å². The predicted molar refractivity (Wildman–Crippen MR) is 167 cm³/mol. The van der Waals surface area contributed by atoms with E-state index in [1.807, 2.05) is 13.8 Å². The van der Waals surface area contributed by atoms with Gasteiger partial charge in [0.25, 0.3) is 11.8 Å². The molecule has 11 heteroatoms. The van der Waals surface area contributed by atoms with Gasteiger partial charge in [0, 0.05) is 24.4 Å². The molecule has 1 aromatic heterocycles. The molecule has 1 saturated heterocycles. The second kappa shape index (κ2) is 13.1. The molecule has 3 atom stereocenters. The third-order valence-corrected chi connectivity index (χ3v) is 8.27. The van der Waals surface area contributed by atoms with Gasteiger partial charge in [-0.25, -0.2) is 14.4 Å². The van der Waals surface area contributed by atoms with Crippen LogP contribution in [0.5, 0.6) is 0 Å². The van der Waals surface area contributed by atoms with E-state index < -0.39 is 48.2 Å². The molecule has 0 aliphatic carbocycles. The molecule has 2 aliphatic heterocycles. The lowest BCUT2D eigenvalue weighted by molar-refractivity contribution is -0.0571. The number of imide groups is 1. The Balaban J connectivity index is 1.24. The van der Waals surface area contributed by atoms with Crippen LogP contribution in [0.4, 0.5) is 0 Å². The van der Waals surface area contributed by atoms with Gasteiger partial charge < -0.3 is 23.5 Å². The number of carbonyl (C=O) groups excluding carboxylic acids is 5. The molecule has 1 fully saturated rings. The molecule has 0 spiro atoms. The predicted octanol–water partition coefficient (Wildman–Crippen LogP) is 5.06. The lowest BCUT2D eigenvalue weighted by atomic mass is 10.1. The second-order valence-corrected chi connectivity index (χ2v) is 11.5. The largest absolute Gasteiger partial charge is 0.465 e. The Kier molecular flexibility index (Phi) is 8.73. The molecular formula is C36H32N2O9. The fraction of sp³-hybridized carbons (Fsp3) is 0.250. The average molecular weight is 637 g/mol. The van der Waals surface area contributed by atoms with Crippen LogP contribution in [0.2, 0.25) is 0 Å². The number of hydrogen-bond donors (Lipinski definition) is 0. The molecule has 0 radical (unpaired) electrons. The summed E-state index contributed by atoms with van der Waals surface area (Å²) in [5, 5.41) is 0. The van der Waals surface area contributed by atoms with Gasteiger partial charge in [-0.1, -0.05) is 47.5 Å². The summed E-state index contributed by atoms with van der Waals surface area (Å²) in [5.74, 6) is -2.73. The quantitative estimate of drug-likeness (QED) is 0.141. The van der Waals surface area contributed by atoms with Gasteiger partial charge in [-0.05, 0) is 50.2 Å². The van der Waals surface area contributed by atoms with Crippen molar-refractivity contribution < 1.29 is 42.9 Å². The van der Waals surface area contributed by atoms with Gasteiger partial charge >= 0.3 is 17.9 Å². The Labute approximate surface area is 270 Å². The number of carbonyl (C=O) groups is 5. The molecule has 240 valence electrons. The minimum absolute atomic E-state index is 0.134. The first-order chi connectivity index (χ1) is 22.6. The first-order valence-electron chi connectivity index (χ1n) is 15.0. The molecule has 3 aromatic carbocycles. The van der Waals surface area contributed by atoms with Crippen LogP contribution in [0, 0.1) is 13.8 Å². The summed E-state index contributed by atoms with van der Waals surface area (Å²) in [5.41, 5.74) is 3.77. The maximum Gasteiger partial charge on any atom is 0.339 e. The molecule has 2 aliphatic rings. The van der Waals surface area contributed by atoms with Gasteiger partial charge in [-0.2, -0.15) is 0 Å². The van der Waals surface area contributed by atoms with Crippen molar-refractivity contribution in [3.63, 3.8) is 0 Å². The van der Waals surface area contributed by atoms with Gasteiger partial charge in [0.15, 0.2) is 0 Å². The van der Waals surface area contributed by atoms with E-state index in [0.717, 1.165) is 16.0 Å². The van der Waals surface area contributed by atoms with Crippen molar-refractivity contribution in [2.24, 2.45) is 0 Å². The van der Waals surface area contributed by atoms with E-state index in [0.29, 0.717) is 16.7 Å². The van der Waals surface area contributed by atoms with Gasteiger partial charge in [0.1, 0.15) is 25.0 Å². The highest BCUT2D eigenvalue weighted by Gasteiger charge is 2.41. The van der Waals surface area contributed by atoms with Crippen molar-refractivity contribution in [3.05, 3.63) is 130 Å². The summed E-state index contributed by atoms with van der Waals surface area (Å²) in [6, 6.07) is 20.4. The van der Waals surface area contributed by atoms with Crippen molar-refractivity contribution in [2.45, 2.75) is 45.2 Å². The van der Waals surface area contributed by atoms with Gasteiger partial charge in [0.05, 0.1) is 41.5 Å². The molecule has 4 aromatic rings. The zero-order chi connectivity index (χ0) is 33.2. The summed E-state index contributed by atoms with van der Waals surface area (Å²) >= 11 is 0. The van der Waals surface area contributed by atoms with Gasteiger partial charge in [-0.3, -0.25) is 14.5 Å². The van der Waals surface area contributed by atoms with E-state index in [1.54, 1.807) is 83.6 Å². The summed E-state index contributed by atoms with van der Waals surface area (Å²) < 4.78 is 24.3. The minimum Gasteiger partial charge on any atom is -0.465 e. The zero-order valence-electron chi connectivity index (χ0n) is 26.0. The molecule has 0 bridgehead atoms. The van der Waals surface area contributed by atoms with Crippen LogP contribution in [-0.2, 0) is 25.5 Å². The highest BCUT2D eigenvalue weighted by molar-refractivity contribution is 6.21. The number of amides is 2. The van der Waals surface area contributed by atoms with E-state index in [9.17, 15) is 24.0 Å². The Hall–Kier alpha value is -5.55. The monoisotopic (exact) mass is 636 g/mol. The number of aromatic nitrogens is 1. The SMILES string of the molecule is COC(=O)c1cn([C@H]2C[C@H](OC(=O)c3ccc(C)cc3)[C@@H](COC(=O)c3ccc(C)cc3)O2)cc1CN1C(=O)c2ccccc2C1=O. The minimum atomic E-state index is -0.840. The second-order valence-electron chi connectivity index (χ2n) is 11.5. The molecule has 0 saturated carbocycles. The summed E-state index contributed by atoms with van der Waals surface area (Å²) in [6.07, 6.45) is 0.847. The molecule has 0 unspecified atom stereocenters. The van der Waals surface area contributed by atoms with Crippen LogP contribution in [0.1, 0.15) is 81.1 Å². The maximum absolute atomic E-state index is 13.1. The number of hydrogen-bond acceptors (Lipinski definition) is 9. The standard InChI is InChI=1S/C36H32N2O9/c1-21-8-12-23(13-9-21)34(41)45-20-30-29(47-35(42)24-14-10-22(2)11-15-24)16-31(46-30)37-17-25(28(19-37)36(43)44-3)18-38-32(39)26-6-4-5-7-27(26)33(38)40/h4-15,17,19,29-31H,16,18,20H2,1-3H3/t29-,30+,31+/m0/s1. The normalized spacial score (nSPS) is 18.6. The molecule has 11 nitrogen and oxygen atoms in total. The average Bonchev–Trinajstić information content (AvgIpc) is 3.75. The van der Waals surface area contributed by atoms with Crippen molar-refractivity contribution in [3.8, 4) is 0 Å². The van der Waals surface area contributed by atoms with E-state index in [2.05, 4.69) is 0 Å². The van der Waals surface area contributed by atoms with Crippen LogP contribution >= 0.6 is 0 Å². The lowest BCUT2D eigenvalue weighted by Crippen LogP contribution is -2.32. The fourth-order valence-corrected chi connectivity index (χ4v) is 5.64. The fourth-order valence-electron chi connectivity index (χ4n) is 5.64. The van der Waals surface area contributed by atoms with E-state index in [1.165, 1.54) is 13.3 Å². The Bertz CT molecular complexity index is 1820. The lowest BCUT2D eigenvalue weighted by Gasteiger charge is -2.19. The van der Waals surface area contributed by atoms with Crippen molar-refractivity contribution in [1.29, 1.82) is 0 Å². The van der Waals surface area contributed by atoms with Gasteiger partial charge in [-0.15, -0.1) is 0 Å². The van der Waals surface area contributed by atoms with E-state index >= 15 is 0 Å². The Morgan fingerprint density at radius 2 is 1.36 bits per heavy atom.